The quantitative estimate of drug-likeness (QED) is 0.627. The summed E-state index contributed by atoms with van der Waals surface area (Å²) in [7, 11) is 0. The predicted octanol–water partition coefficient (Wildman–Crippen LogP) is 4.92. The van der Waals surface area contributed by atoms with Crippen LogP contribution in [-0.4, -0.2) is 34.2 Å². The minimum absolute atomic E-state index is 0.0537. The molecular weight excluding hydrogens is 424 g/mol. The SMILES string of the molecule is O=C(Cc1ccccn1)[C@H](CC1CCCCC1)N1CC2=C(Oc3c(Cl)cccc3C2)C1=O. The van der Waals surface area contributed by atoms with Gasteiger partial charge in [0.15, 0.2) is 11.5 Å². The molecule has 0 bridgehead atoms. The molecule has 2 aliphatic heterocycles. The van der Waals surface area contributed by atoms with Gasteiger partial charge in [-0.2, -0.15) is 0 Å². The number of rotatable bonds is 6. The predicted molar refractivity (Wildman–Crippen MR) is 122 cm³/mol. The number of ketones is 1. The number of Topliss-reactive ketones (excluding diaryl/α,β-unsaturated/α-hetero) is 1. The van der Waals surface area contributed by atoms with Crippen molar-refractivity contribution in [3.05, 3.63) is 70.2 Å². The second-order valence-electron chi connectivity index (χ2n) is 9.09. The third-order valence-corrected chi connectivity index (χ3v) is 7.20. The summed E-state index contributed by atoms with van der Waals surface area (Å²) in [6.45, 7) is 0.436. The topological polar surface area (TPSA) is 59.5 Å². The summed E-state index contributed by atoms with van der Waals surface area (Å²) in [5.41, 5.74) is 2.66. The van der Waals surface area contributed by atoms with Crippen molar-refractivity contribution < 1.29 is 14.3 Å². The second kappa shape index (κ2) is 9.07. The summed E-state index contributed by atoms with van der Waals surface area (Å²) in [5, 5.41) is 0.505. The van der Waals surface area contributed by atoms with Crippen molar-refractivity contribution in [3.8, 4) is 5.75 Å². The normalized spacial score (nSPS) is 19.4. The van der Waals surface area contributed by atoms with Crippen LogP contribution in [-0.2, 0) is 22.4 Å². The maximum absolute atomic E-state index is 13.5. The van der Waals surface area contributed by atoms with Gasteiger partial charge in [-0.1, -0.05) is 61.9 Å². The number of hydrogen-bond acceptors (Lipinski definition) is 4. The van der Waals surface area contributed by atoms with Gasteiger partial charge in [0.1, 0.15) is 5.75 Å². The van der Waals surface area contributed by atoms with Crippen LogP contribution in [0, 0.1) is 5.92 Å². The first kappa shape index (κ1) is 21.2. The second-order valence-corrected chi connectivity index (χ2v) is 9.50. The fourth-order valence-electron chi connectivity index (χ4n) is 5.24. The average molecular weight is 451 g/mol. The van der Waals surface area contributed by atoms with E-state index in [9.17, 15) is 9.59 Å². The smallest absolute Gasteiger partial charge is 0.290 e. The summed E-state index contributed by atoms with van der Waals surface area (Å²) in [6.07, 6.45) is 9.18. The van der Waals surface area contributed by atoms with E-state index in [2.05, 4.69) is 4.98 Å². The first-order valence-electron chi connectivity index (χ1n) is 11.5. The molecule has 0 saturated heterocycles. The van der Waals surface area contributed by atoms with Gasteiger partial charge in [0.2, 0.25) is 0 Å². The Balaban J connectivity index is 1.38. The number of para-hydroxylation sites is 1. The van der Waals surface area contributed by atoms with E-state index in [0.717, 1.165) is 29.7 Å². The van der Waals surface area contributed by atoms with E-state index in [1.54, 1.807) is 17.2 Å². The Labute approximate surface area is 193 Å². The first-order valence-corrected chi connectivity index (χ1v) is 11.9. The number of benzene rings is 1. The van der Waals surface area contributed by atoms with Gasteiger partial charge in [0, 0.05) is 36.0 Å². The van der Waals surface area contributed by atoms with Crippen molar-refractivity contribution >= 4 is 23.3 Å². The highest BCUT2D eigenvalue weighted by Crippen LogP contribution is 2.40. The zero-order chi connectivity index (χ0) is 22.1. The molecule has 166 valence electrons. The summed E-state index contributed by atoms with van der Waals surface area (Å²) in [6, 6.07) is 10.8. The molecule has 3 heterocycles. The number of carbonyl (C=O) groups excluding carboxylic acids is 2. The van der Waals surface area contributed by atoms with Crippen LogP contribution in [0.15, 0.2) is 53.9 Å². The van der Waals surface area contributed by atoms with Gasteiger partial charge in [0.05, 0.1) is 17.5 Å². The minimum atomic E-state index is -0.458. The molecule has 5 nitrogen and oxygen atoms in total. The highest BCUT2D eigenvalue weighted by molar-refractivity contribution is 6.32. The molecule has 3 aliphatic rings. The largest absolute Gasteiger partial charge is 0.450 e. The van der Waals surface area contributed by atoms with Gasteiger partial charge in [-0.15, -0.1) is 0 Å². The molecule has 2 aromatic rings. The molecule has 1 saturated carbocycles. The fourth-order valence-corrected chi connectivity index (χ4v) is 5.48. The molecule has 1 aromatic carbocycles. The van der Waals surface area contributed by atoms with Crippen molar-refractivity contribution in [1.82, 2.24) is 9.88 Å². The van der Waals surface area contributed by atoms with Crippen LogP contribution in [0.25, 0.3) is 0 Å². The first-order chi connectivity index (χ1) is 15.6. The van der Waals surface area contributed by atoms with Gasteiger partial charge >= 0.3 is 0 Å². The molecule has 6 heteroatoms. The average Bonchev–Trinajstić information content (AvgIpc) is 3.13. The molecule has 1 fully saturated rings. The Morgan fingerprint density at radius 3 is 2.78 bits per heavy atom. The molecule has 5 rings (SSSR count). The van der Waals surface area contributed by atoms with Crippen LogP contribution in [0.1, 0.15) is 49.8 Å². The molecule has 0 spiro atoms. The van der Waals surface area contributed by atoms with Gasteiger partial charge in [-0.25, -0.2) is 0 Å². The maximum atomic E-state index is 13.5. The van der Waals surface area contributed by atoms with Crippen LogP contribution >= 0.6 is 11.6 Å². The lowest BCUT2D eigenvalue weighted by Crippen LogP contribution is -2.45. The van der Waals surface area contributed by atoms with Crippen LogP contribution < -0.4 is 4.74 Å². The van der Waals surface area contributed by atoms with Crippen molar-refractivity contribution in [2.75, 3.05) is 6.54 Å². The van der Waals surface area contributed by atoms with Gasteiger partial charge in [-0.05, 0) is 30.5 Å². The van der Waals surface area contributed by atoms with Crippen molar-refractivity contribution in [1.29, 1.82) is 0 Å². The number of hydrogen-bond donors (Lipinski definition) is 0. The van der Waals surface area contributed by atoms with E-state index in [4.69, 9.17) is 16.3 Å². The van der Waals surface area contributed by atoms with E-state index < -0.39 is 6.04 Å². The number of pyridine rings is 1. The standard InChI is InChI=1S/C26H27ClN2O3/c27-21-11-6-9-18-14-19-16-29(26(31)25(19)32-24(18)21)22(13-17-7-2-1-3-8-17)23(30)15-20-10-4-5-12-28-20/h4-6,9-12,17,22H,1-3,7-8,13-16H2/t22-/m0/s1. The fraction of sp³-hybridized carbons (Fsp3) is 0.423. The van der Waals surface area contributed by atoms with Crippen molar-refractivity contribution in [2.24, 2.45) is 5.92 Å². The Morgan fingerprint density at radius 1 is 1.16 bits per heavy atom. The van der Waals surface area contributed by atoms with E-state index >= 15 is 0 Å². The Hall–Kier alpha value is -2.66. The van der Waals surface area contributed by atoms with Gasteiger partial charge in [0.25, 0.3) is 5.91 Å². The molecule has 1 atom stereocenters. The summed E-state index contributed by atoms with van der Waals surface area (Å²) in [4.78, 5) is 33.0. The molecule has 1 aromatic heterocycles. The number of halogens is 1. The molecule has 0 radical (unpaired) electrons. The monoisotopic (exact) mass is 450 g/mol. The van der Waals surface area contributed by atoms with Crippen LogP contribution in [0.3, 0.4) is 0 Å². The number of amides is 1. The van der Waals surface area contributed by atoms with Gasteiger partial charge < -0.3 is 9.64 Å². The Bertz CT molecular complexity index is 1060. The molecular formula is C26H27ClN2O3. The van der Waals surface area contributed by atoms with E-state index in [1.165, 1.54) is 19.3 Å². The van der Waals surface area contributed by atoms with Crippen LogP contribution in [0.2, 0.25) is 5.02 Å². The number of nitrogens with zero attached hydrogens (tertiary/aromatic N) is 2. The molecule has 0 N–H and O–H groups in total. The van der Waals surface area contributed by atoms with Crippen molar-refractivity contribution in [2.45, 2.75) is 57.4 Å². The van der Waals surface area contributed by atoms with Gasteiger partial charge in [-0.3, -0.25) is 14.6 Å². The number of fused-ring (bicyclic) bond motifs is 1. The summed E-state index contributed by atoms with van der Waals surface area (Å²) < 4.78 is 6.00. The molecule has 1 aliphatic carbocycles. The molecule has 1 amide bonds. The van der Waals surface area contributed by atoms with E-state index in [-0.39, 0.29) is 18.1 Å². The number of aromatic nitrogens is 1. The third kappa shape index (κ3) is 4.18. The Kier molecular flexibility index (Phi) is 6.01. The number of ether oxygens (including phenoxy) is 1. The van der Waals surface area contributed by atoms with Crippen LogP contribution in [0.5, 0.6) is 5.75 Å². The zero-order valence-electron chi connectivity index (χ0n) is 18.1. The van der Waals surface area contributed by atoms with E-state index in [0.29, 0.717) is 41.8 Å². The highest BCUT2D eigenvalue weighted by atomic mass is 35.5. The number of carbonyl (C=O) groups is 2. The van der Waals surface area contributed by atoms with Crippen LogP contribution in [0.4, 0.5) is 0 Å². The summed E-state index contributed by atoms with van der Waals surface area (Å²) >= 11 is 6.32. The van der Waals surface area contributed by atoms with E-state index in [1.807, 2.05) is 30.3 Å². The zero-order valence-corrected chi connectivity index (χ0v) is 18.8. The maximum Gasteiger partial charge on any atom is 0.290 e. The Morgan fingerprint density at radius 2 is 2.00 bits per heavy atom. The lowest BCUT2D eigenvalue weighted by Gasteiger charge is -2.32. The lowest BCUT2D eigenvalue weighted by atomic mass is 9.83. The highest BCUT2D eigenvalue weighted by Gasteiger charge is 2.42. The summed E-state index contributed by atoms with van der Waals surface area (Å²) in [5.74, 6) is 1.25. The van der Waals surface area contributed by atoms with Crippen molar-refractivity contribution in [3.63, 3.8) is 0 Å². The molecule has 32 heavy (non-hydrogen) atoms. The molecule has 0 unspecified atom stereocenters. The minimum Gasteiger partial charge on any atom is -0.450 e. The third-order valence-electron chi connectivity index (χ3n) is 6.90. The lowest BCUT2D eigenvalue weighted by molar-refractivity contribution is -0.136.